The summed E-state index contributed by atoms with van der Waals surface area (Å²) in [6.45, 7) is 7.37. The molecule has 1 N–H and O–H groups in total. The second-order valence-electron chi connectivity index (χ2n) is 8.48. The summed E-state index contributed by atoms with van der Waals surface area (Å²) < 4.78 is 10.5. The number of carbonyl (C=O) groups is 2. The Hall–Kier alpha value is -3.61. The van der Waals surface area contributed by atoms with E-state index in [-0.39, 0.29) is 30.0 Å². The van der Waals surface area contributed by atoms with Crippen LogP contribution in [-0.4, -0.2) is 42.1 Å². The van der Waals surface area contributed by atoms with Crippen LogP contribution in [-0.2, 0) is 13.0 Å². The fourth-order valence-corrected chi connectivity index (χ4v) is 3.42. The smallest absolute Gasteiger partial charge is 0.273 e. The first-order valence-corrected chi connectivity index (χ1v) is 11.1. The van der Waals surface area contributed by atoms with Crippen LogP contribution in [0.3, 0.4) is 0 Å². The van der Waals surface area contributed by atoms with E-state index in [0.29, 0.717) is 30.8 Å². The minimum absolute atomic E-state index is 0.0782. The molecule has 0 aliphatic heterocycles. The van der Waals surface area contributed by atoms with Crippen LogP contribution in [0, 0.1) is 12.8 Å². The minimum Gasteiger partial charge on any atom is -0.497 e. The molecule has 0 atom stereocenters. The third-order valence-corrected chi connectivity index (χ3v) is 5.17. The summed E-state index contributed by atoms with van der Waals surface area (Å²) in [5.74, 6) is 1.16. The number of amides is 2. The van der Waals surface area contributed by atoms with Crippen LogP contribution in [0.2, 0.25) is 0 Å². The predicted molar refractivity (Wildman–Crippen MR) is 126 cm³/mol. The van der Waals surface area contributed by atoms with E-state index in [1.807, 2.05) is 55.5 Å². The minimum atomic E-state index is -0.307. The highest BCUT2D eigenvalue weighted by Crippen LogP contribution is 2.15. The molecule has 1 heterocycles. The highest BCUT2D eigenvalue weighted by molar-refractivity contribution is 5.94. The number of aromatic nitrogens is 1. The van der Waals surface area contributed by atoms with Crippen molar-refractivity contribution in [3.05, 3.63) is 82.7 Å². The van der Waals surface area contributed by atoms with Gasteiger partial charge in [0.2, 0.25) is 0 Å². The number of hydrogen-bond donors (Lipinski definition) is 1. The number of ether oxygens (including phenoxy) is 1. The zero-order valence-corrected chi connectivity index (χ0v) is 19.6. The molecule has 2 aromatic carbocycles. The second-order valence-corrected chi connectivity index (χ2v) is 8.48. The van der Waals surface area contributed by atoms with E-state index < -0.39 is 0 Å². The third kappa shape index (κ3) is 6.94. The van der Waals surface area contributed by atoms with Gasteiger partial charge in [-0.25, -0.2) is 0 Å². The van der Waals surface area contributed by atoms with Gasteiger partial charge in [0, 0.05) is 24.7 Å². The van der Waals surface area contributed by atoms with Crippen molar-refractivity contribution >= 4 is 11.8 Å². The van der Waals surface area contributed by atoms with Gasteiger partial charge < -0.3 is 19.5 Å². The topological polar surface area (TPSA) is 84.7 Å². The van der Waals surface area contributed by atoms with Gasteiger partial charge in [-0.3, -0.25) is 9.59 Å². The summed E-state index contributed by atoms with van der Waals surface area (Å²) in [6.07, 6.45) is 0.688. The molecule has 0 saturated heterocycles. The van der Waals surface area contributed by atoms with Crippen molar-refractivity contribution in [2.75, 3.05) is 20.2 Å². The molecule has 7 heteroatoms. The van der Waals surface area contributed by atoms with E-state index in [1.54, 1.807) is 18.1 Å². The van der Waals surface area contributed by atoms with Gasteiger partial charge in [0.05, 0.1) is 13.7 Å². The maximum atomic E-state index is 13.0. The summed E-state index contributed by atoms with van der Waals surface area (Å²) in [7, 11) is 1.63. The fraction of sp³-hybridized carbons (Fsp3) is 0.346. The van der Waals surface area contributed by atoms with E-state index in [4.69, 9.17) is 9.26 Å². The SMILES string of the molecule is COc1ccc(CCNC(=O)c2cc(CN(CC(C)C)C(=O)c3ccc(C)cc3)on2)cc1. The van der Waals surface area contributed by atoms with Gasteiger partial charge in [-0.15, -0.1) is 0 Å². The maximum Gasteiger partial charge on any atom is 0.273 e. The Kier molecular flexibility index (Phi) is 8.24. The first kappa shape index (κ1) is 24.0. The van der Waals surface area contributed by atoms with E-state index >= 15 is 0 Å². The maximum absolute atomic E-state index is 13.0. The van der Waals surface area contributed by atoms with Crippen LogP contribution in [0.15, 0.2) is 59.1 Å². The van der Waals surface area contributed by atoms with Crippen molar-refractivity contribution in [1.29, 1.82) is 0 Å². The molecular formula is C26H31N3O4. The zero-order chi connectivity index (χ0) is 23.8. The van der Waals surface area contributed by atoms with Gasteiger partial charge in [-0.05, 0) is 49.1 Å². The van der Waals surface area contributed by atoms with Gasteiger partial charge in [-0.2, -0.15) is 0 Å². The van der Waals surface area contributed by atoms with Gasteiger partial charge >= 0.3 is 0 Å². The Balaban J connectivity index is 1.58. The first-order chi connectivity index (χ1) is 15.9. The molecule has 3 aromatic rings. The van der Waals surface area contributed by atoms with Crippen LogP contribution in [0.1, 0.15) is 51.6 Å². The lowest BCUT2D eigenvalue weighted by Gasteiger charge is -2.23. The molecule has 0 aliphatic rings. The third-order valence-electron chi connectivity index (χ3n) is 5.17. The summed E-state index contributed by atoms with van der Waals surface area (Å²) in [5.41, 5.74) is 3.01. The van der Waals surface area contributed by atoms with Gasteiger partial charge in [-0.1, -0.05) is 48.8 Å². The fourth-order valence-electron chi connectivity index (χ4n) is 3.42. The average molecular weight is 450 g/mol. The largest absolute Gasteiger partial charge is 0.497 e. The Morgan fingerprint density at radius 3 is 2.42 bits per heavy atom. The number of nitrogens with one attached hydrogen (secondary N) is 1. The quantitative estimate of drug-likeness (QED) is 0.500. The molecule has 33 heavy (non-hydrogen) atoms. The van der Waals surface area contributed by atoms with Crippen molar-refractivity contribution in [3.63, 3.8) is 0 Å². The Morgan fingerprint density at radius 2 is 1.79 bits per heavy atom. The summed E-state index contributed by atoms with van der Waals surface area (Å²) in [6, 6.07) is 16.8. The number of rotatable bonds is 10. The monoisotopic (exact) mass is 449 g/mol. The summed E-state index contributed by atoms with van der Waals surface area (Å²) in [4.78, 5) is 27.2. The number of nitrogens with zero attached hydrogens (tertiary/aromatic N) is 2. The molecular weight excluding hydrogens is 418 g/mol. The molecule has 174 valence electrons. The van der Waals surface area contributed by atoms with Gasteiger partial charge in [0.1, 0.15) is 5.75 Å². The Labute approximate surface area is 194 Å². The normalized spacial score (nSPS) is 10.8. The summed E-state index contributed by atoms with van der Waals surface area (Å²) >= 11 is 0. The Morgan fingerprint density at radius 1 is 1.09 bits per heavy atom. The van der Waals surface area contributed by atoms with Crippen LogP contribution in [0.5, 0.6) is 5.75 Å². The molecule has 1 aromatic heterocycles. The number of methoxy groups -OCH3 is 1. The number of aryl methyl sites for hydroxylation is 1. The van der Waals surface area contributed by atoms with Crippen LogP contribution >= 0.6 is 0 Å². The first-order valence-electron chi connectivity index (χ1n) is 11.1. The van der Waals surface area contributed by atoms with Gasteiger partial charge in [0.15, 0.2) is 11.5 Å². The van der Waals surface area contributed by atoms with Gasteiger partial charge in [0.25, 0.3) is 11.8 Å². The molecule has 0 bridgehead atoms. The lowest BCUT2D eigenvalue weighted by atomic mass is 10.1. The molecule has 0 radical (unpaired) electrons. The predicted octanol–water partition coefficient (Wildman–Crippen LogP) is 4.26. The molecule has 0 saturated carbocycles. The lowest BCUT2D eigenvalue weighted by Crippen LogP contribution is -2.33. The number of hydrogen-bond acceptors (Lipinski definition) is 5. The standard InChI is InChI=1S/C26H31N3O4/c1-18(2)16-29(26(31)21-9-5-19(3)6-10-21)17-23-15-24(28-33-23)25(30)27-14-13-20-7-11-22(32-4)12-8-20/h5-12,15,18H,13-14,16-17H2,1-4H3,(H,27,30). The van der Waals surface area contributed by atoms with E-state index in [2.05, 4.69) is 24.3 Å². The molecule has 2 amide bonds. The number of benzene rings is 2. The molecule has 0 fully saturated rings. The average Bonchev–Trinajstić information content (AvgIpc) is 3.27. The van der Waals surface area contributed by atoms with Crippen molar-refractivity contribution < 1.29 is 18.8 Å². The van der Waals surface area contributed by atoms with Crippen molar-refractivity contribution in [2.24, 2.45) is 5.92 Å². The zero-order valence-electron chi connectivity index (χ0n) is 19.6. The number of carbonyl (C=O) groups excluding carboxylic acids is 2. The summed E-state index contributed by atoms with van der Waals surface area (Å²) in [5, 5.41) is 6.75. The molecule has 0 unspecified atom stereocenters. The van der Waals surface area contributed by atoms with Crippen LogP contribution in [0.4, 0.5) is 0 Å². The Bertz CT molecular complexity index is 1060. The molecule has 7 nitrogen and oxygen atoms in total. The highest BCUT2D eigenvalue weighted by Gasteiger charge is 2.20. The molecule has 0 aliphatic carbocycles. The van der Waals surface area contributed by atoms with Crippen molar-refractivity contribution in [3.8, 4) is 5.75 Å². The molecule has 0 spiro atoms. The van der Waals surface area contributed by atoms with Crippen LogP contribution < -0.4 is 10.1 Å². The van der Waals surface area contributed by atoms with E-state index in [1.165, 1.54) is 0 Å². The van der Waals surface area contributed by atoms with Crippen molar-refractivity contribution in [2.45, 2.75) is 33.7 Å². The van der Waals surface area contributed by atoms with Crippen molar-refractivity contribution in [1.82, 2.24) is 15.4 Å². The highest BCUT2D eigenvalue weighted by atomic mass is 16.5. The second kappa shape index (κ2) is 11.3. The van der Waals surface area contributed by atoms with E-state index in [9.17, 15) is 9.59 Å². The lowest BCUT2D eigenvalue weighted by molar-refractivity contribution is 0.0705. The van der Waals surface area contributed by atoms with Crippen LogP contribution in [0.25, 0.3) is 0 Å². The molecule has 3 rings (SSSR count). The van der Waals surface area contributed by atoms with E-state index in [0.717, 1.165) is 16.9 Å².